The number of imidazole rings is 1. The molecule has 1 aromatic heterocycles. The van der Waals surface area contributed by atoms with E-state index in [-0.39, 0.29) is 6.04 Å². The minimum absolute atomic E-state index is 0.131. The monoisotopic (exact) mass is 295 g/mol. The van der Waals surface area contributed by atoms with Crippen LogP contribution in [-0.4, -0.2) is 21.2 Å². The molecule has 5 nitrogen and oxygen atoms in total. The van der Waals surface area contributed by atoms with Crippen molar-refractivity contribution in [2.24, 2.45) is 0 Å². The first kappa shape index (κ1) is 17.5. The molecule has 2 atom stereocenters. The van der Waals surface area contributed by atoms with Gasteiger partial charge in [0, 0.05) is 6.04 Å². The molecule has 1 aromatic rings. The Labute approximate surface area is 128 Å². The number of alkyl carbamates (subject to hydrolysis) is 1. The number of ether oxygens (including phenoxy) is 1. The van der Waals surface area contributed by atoms with Crippen molar-refractivity contribution in [3.05, 3.63) is 18.2 Å². The molecule has 0 aromatic carbocycles. The van der Waals surface area contributed by atoms with Gasteiger partial charge in [-0.2, -0.15) is 0 Å². The van der Waals surface area contributed by atoms with Gasteiger partial charge >= 0.3 is 6.09 Å². The van der Waals surface area contributed by atoms with Crippen molar-refractivity contribution in [3.63, 3.8) is 0 Å². The van der Waals surface area contributed by atoms with Crippen LogP contribution in [0, 0.1) is 0 Å². The highest BCUT2D eigenvalue weighted by molar-refractivity contribution is 5.68. The highest BCUT2D eigenvalue weighted by atomic mass is 16.6. The second kappa shape index (κ2) is 7.48. The van der Waals surface area contributed by atoms with Crippen LogP contribution >= 0.6 is 0 Å². The molecule has 0 aliphatic heterocycles. The van der Waals surface area contributed by atoms with Crippen LogP contribution in [0.25, 0.3) is 0 Å². The van der Waals surface area contributed by atoms with E-state index in [2.05, 4.69) is 28.7 Å². The molecule has 0 fully saturated rings. The molecule has 1 amide bonds. The highest BCUT2D eigenvalue weighted by Crippen LogP contribution is 2.23. The molecule has 0 radical (unpaired) electrons. The van der Waals surface area contributed by atoms with Crippen LogP contribution in [0.15, 0.2) is 12.5 Å². The van der Waals surface area contributed by atoms with Crippen LogP contribution < -0.4 is 5.32 Å². The zero-order valence-corrected chi connectivity index (χ0v) is 14.1. The zero-order valence-electron chi connectivity index (χ0n) is 14.1. The van der Waals surface area contributed by atoms with Crippen molar-refractivity contribution >= 4 is 6.09 Å². The predicted octanol–water partition coefficient (Wildman–Crippen LogP) is 4.22. The summed E-state index contributed by atoms with van der Waals surface area (Å²) in [5.41, 5.74) is 0.527. The molecule has 120 valence electrons. The summed E-state index contributed by atoms with van der Waals surface area (Å²) in [6.45, 7) is 11.9. The molecule has 5 heteroatoms. The topological polar surface area (TPSA) is 56.2 Å². The lowest BCUT2D eigenvalue weighted by Gasteiger charge is -2.24. The molecule has 1 unspecified atom stereocenters. The number of hydrogen-bond acceptors (Lipinski definition) is 3. The average molecular weight is 295 g/mol. The number of carbonyl (C=O) groups excluding carboxylic acids is 1. The van der Waals surface area contributed by atoms with Crippen LogP contribution in [0.1, 0.15) is 78.6 Å². The first-order chi connectivity index (χ1) is 9.78. The number of rotatable bonds is 6. The molecule has 1 heterocycles. The molecule has 0 bridgehead atoms. The molecule has 0 saturated heterocycles. The van der Waals surface area contributed by atoms with Gasteiger partial charge in [-0.3, -0.25) is 0 Å². The predicted molar refractivity (Wildman–Crippen MR) is 84.2 cm³/mol. The molecule has 0 saturated carbocycles. The number of amides is 1. The van der Waals surface area contributed by atoms with Crippen molar-refractivity contribution in [1.82, 2.24) is 14.9 Å². The van der Waals surface area contributed by atoms with Crippen LogP contribution in [-0.2, 0) is 4.74 Å². The van der Waals surface area contributed by atoms with E-state index in [9.17, 15) is 4.79 Å². The largest absolute Gasteiger partial charge is 0.444 e. The van der Waals surface area contributed by atoms with Gasteiger partial charge in [-0.15, -0.1) is 0 Å². The van der Waals surface area contributed by atoms with E-state index >= 15 is 0 Å². The fourth-order valence-electron chi connectivity index (χ4n) is 2.39. The number of carbonyl (C=O) groups is 1. The van der Waals surface area contributed by atoms with Crippen molar-refractivity contribution in [1.29, 1.82) is 0 Å². The van der Waals surface area contributed by atoms with Crippen LogP contribution in [0.4, 0.5) is 4.79 Å². The fraction of sp³-hybridized carbons (Fsp3) is 0.750. The first-order valence-electron chi connectivity index (χ1n) is 7.79. The van der Waals surface area contributed by atoms with E-state index in [0.29, 0.717) is 6.04 Å². The Balaban J connectivity index is 2.77. The van der Waals surface area contributed by atoms with Crippen LogP contribution in [0.2, 0.25) is 0 Å². The quantitative estimate of drug-likeness (QED) is 0.855. The Morgan fingerprint density at radius 3 is 2.62 bits per heavy atom. The summed E-state index contributed by atoms with van der Waals surface area (Å²) in [6.07, 6.45) is 6.57. The number of hydrogen-bond donors (Lipinski definition) is 1. The number of aromatic nitrogens is 2. The van der Waals surface area contributed by atoms with Gasteiger partial charge in [-0.25, -0.2) is 9.78 Å². The van der Waals surface area contributed by atoms with E-state index in [4.69, 9.17) is 4.74 Å². The molecule has 0 spiro atoms. The molecule has 0 aliphatic rings. The summed E-state index contributed by atoms with van der Waals surface area (Å²) in [7, 11) is 0. The van der Waals surface area contributed by atoms with Gasteiger partial charge in [0.05, 0.1) is 24.3 Å². The van der Waals surface area contributed by atoms with Gasteiger partial charge in [-0.1, -0.05) is 20.3 Å². The molecular weight excluding hydrogens is 266 g/mol. The average Bonchev–Trinajstić information content (AvgIpc) is 2.82. The van der Waals surface area contributed by atoms with Gasteiger partial charge in [0.2, 0.25) is 0 Å². The summed E-state index contributed by atoms with van der Waals surface area (Å²) in [6, 6.07) is 0.295. The summed E-state index contributed by atoms with van der Waals surface area (Å²) in [4.78, 5) is 16.1. The minimum Gasteiger partial charge on any atom is -0.444 e. The summed E-state index contributed by atoms with van der Waals surface area (Å²) < 4.78 is 7.47. The second-order valence-electron chi connectivity index (χ2n) is 6.44. The lowest BCUT2D eigenvalue weighted by atomic mass is 10.1. The highest BCUT2D eigenvalue weighted by Gasteiger charge is 2.21. The second-order valence-corrected chi connectivity index (χ2v) is 6.44. The number of nitrogens with zero attached hydrogens (tertiary/aromatic N) is 2. The maximum Gasteiger partial charge on any atom is 0.408 e. The van der Waals surface area contributed by atoms with Gasteiger partial charge in [0.25, 0.3) is 0 Å². The van der Waals surface area contributed by atoms with Gasteiger partial charge in [-0.05, 0) is 40.5 Å². The smallest absolute Gasteiger partial charge is 0.408 e. The third-order valence-electron chi connectivity index (χ3n) is 3.36. The molecule has 21 heavy (non-hydrogen) atoms. The lowest BCUT2D eigenvalue weighted by molar-refractivity contribution is 0.0505. The van der Waals surface area contributed by atoms with E-state index < -0.39 is 11.7 Å². The minimum atomic E-state index is -0.488. The van der Waals surface area contributed by atoms with E-state index in [1.54, 1.807) is 0 Å². The van der Waals surface area contributed by atoms with E-state index in [1.165, 1.54) is 0 Å². The normalized spacial score (nSPS) is 14.6. The van der Waals surface area contributed by atoms with Crippen molar-refractivity contribution in [3.8, 4) is 0 Å². The van der Waals surface area contributed by atoms with Crippen LogP contribution in [0.5, 0.6) is 0 Å². The Bertz CT molecular complexity index is 449. The van der Waals surface area contributed by atoms with Crippen molar-refractivity contribution in [2.45, 2.75) is 78.5 Å². The van der Waals surface area contributed by atoms with E-state index in [0.717, 1.165) is 25.0 Å². The van der Waals surface area contributed by atoms with Gasteiger partial charge in [0.15, 0.2) is 0 Å². The summed E-state index contributed by atoms with van der Waals surface area (Å²) in [5, 5.41) is 2.88. The molecule has 1 rings (SSSR count). The zero-order chi connectivity index (χ0) is 16.0. The number of nitrogens with one attached hydrogen (secondary N) is 1. The summed E-state index contributed by atoms with van der Waals surface area (Å²) >= 11 is 0. The van der Waals surface area contributed by atoms with Gasteiger partial charge in [0.1, 0.15) is 5.60 Å². The maximum absolute atomic E-state index is 11.9. The fourth-order valence-corrected chi connectivity index (χ4v) is 2.39. The molecule has 1 N–H and O–H groups in total. The Hall–Kier alpha value is -1.52. The lowest BCUT2D eigenvalue weighted by Crippen LogP contribution is -2.34. The van der Waals surface area contributed by atoms with E-state index in [1.807, 2.05) is 40.2 Å². The SMILES string of the molecule is CCCC(CC)n1cncc1[C@@H](C)NC(=O)OC(C)(C)C. The Morgan fingerprint density at radius 1 is 1.43 bits per heavy atom. The Morgan fingerprint density at radius 2 is 2.10 bits per heavy atom. The Kier molecular flexibility index (Phi) is 6.24. The third-order valence-corrected chi connectivity index (χ3v) is 3.36. The molecule has 0 aliphatic carbocycles. The van der Waals surface area contributed by atoms with Crippen molar-refractivity contribution in [2.75, 3.05) is 0 Å². The molecular formula is C16H29N3O2. The van der Waals surface area contributed by atoms with Crippen LogP contribution in [0.3, 0.4) is 0 Å². The third kappa shape index (κ3) is 5.40. The first-order valence-corrected chi connectivity index (χ1v) is 7.79. The standard InChI is InChI=1S/C16H29N3O2/c1-7-9-13(8-2)19-11-17-10-14(19)12(3)18-15(20)21-16(4,5)6/h10-13H,7-9H2,1-6H3,(H,18,20)/t12-,13?/m1/s1. The summed E-state index contributed by atoms with van der Waals surface area (Å²) in [5.74, 6) is 0. The van der Waals surface area contributed by atoms with Gasteiger partial charge < -0.3 is 14.6 Å². The van der Waals surface area contributed by atoms with Crippen molar-refractivity contribution < 1.29 is 9.53 Å². The maximum atomic E-state index is 11.9.